The van der Waals surface area contributed by atoms with Crippen LogP contribution in [0.15, 0.2) is 42.7 Å². The number of benzene rings is 2. The highest BCUT2D eigenvalue weighted by Gasteiger charge is 2.25. The molecular weight excluding hydrogens is 428 g/mol. The van der Waals surface area contributed by atoms with Crippen LogP contribution in [0.25, 0.3) is 5.69 Å². The number of methoxy groups -OCH3 is 1. The van der Waals surface area contributed by atoms with E-state index in [-0.39, 0.29) is 17.4 Å². The number of anilines is 2. The SMILES string of the molecule is COc1cc(Nc2nc3n(n2)CCCC[C@H]3c2ccc(F)cc2)c(F)cc1-n1cnc(C)n1. The van der Waals surface area contributed by atoms with E-state index in [1.165, 1.54) is 36.3 Å². The molecule has 8 nitrogen and oxygen atoms in total. The van der Waals surface area contributed by atoms with Gasteiger partial charge < -0.3 is 10.1 Å². The summed E-state index contributed by atoms with van der Waals surface area (Å²) in [5.41, 5.74) is 1.61. The number of aromatic nitrogens is 6. The van der Waals surface area contributed by atoms with Crippen LogP contribution < -0.4 is 10.1 Å². The summed E-state index contributed by atoms with van der Waals surface area (Å²) in [7, 11) is 1.51. The lowest BCUT2D eigenvalue weighted by Gasteiger charge is -2.14. The number of nitrogens with one attached hydrogen (secondary N) is 1. The van der Waals surface area contributed by atoms with Gasteiger partial charge in [-0.25, -0.2) is 23.1 Å². The summed E-state index contributed by atoms with van der Waals surface area (Å²) in [6.07, 6.45) is 4.37. The average molecular weight is 451 g/mol. The molecular formula is C23H23F2N7O. The Kier molecular flexibility index (Phi) is 5.49. The van der Waals surface area contributed by atoms with E-state index in [1.807, 2.05) is 4.68 Å². The van der Waals surface area contributed by atoms with Crippen molar-refractivity contribution < 1.29 is 13.5 Å². The lowest BCUT2D eigenvalue weighted by Crippen LogP contribution is -2.08. The molecule has 0 fully saturated rings. The Morgan fingerprint density at radius 2 is 1.91 bits per heavy atom. The van der Waals surface area contributed by atoms with Crippen molar-refractivity contribution >= 4 is 11.6 Å². The molecule has 0 saturated heterocycles. The summed E-state index contributed by atoms with van der Waals surface area (Å²) in [6, 6.07) is 9.36. The Balaban J connectivity index is 1.47. The Morgan fingerprint density at radius 1 is 1.09 bits per heavy atom. The van der Waals surface area contributed by atoms with Crippen LogP contribution in [-0.4, -0.2) is 36.6 Å². The van der Waals surface area contributed by atoms with Crippen molar-refractivity contribution in [3.05, 3.63) is 71.6 Å². The third-order valence-electron chi connectivity index (χ3n) is 5.77. The van der Waals surface area contributed by atoms with Gasteiger partial charge in [0.2, 0.25) is 5.95 Å². The van der Waals surface area contributed by atoms with Crippen LogP contribution in [0.4, 0.5) is 20.4 Å². The fourth-order valence-corrected chi connectivity index (χ4v) is 4.14. The number of aryl methyl sites for hydroxylation is 2. The molecule has 0 aliphatic carbocycles. The van der Waals surface area contributed by atoms with Gasteiger partial charge in [-0.2, -0.15) is 10.1 Å². The standard InChI is InChI=1S/C23H23F2N7O/c1-14-26-13-32(29-14)20-11-18(25)19(12-21(20)33-2)27-23-28-22-17(5-3-4-10-31(22)30-23)15-6-8-16(24)9-7-15/h6-9,11-13,17H,3-5,10H2,1-2H3,(H,27,30)/t17-/m0/s1. The van der Waals surface area contributed by atoms with E-state index in [9.17, 15) is 8.78 Å². The molecule has 0 radical (unpaired) electrons. The molecule has 5 rings (SSSR count). The largest absolute Gasteiger partial charge is 0.494 e. The maximum atomic E-state index is 15.0. The fraction of sp³-hybridized carbons (Fsp3) is 0.304. The zero-order chi connectivity index (χ0) is 22.9. The average Bonchev–Trinajstić information content (AvgIpc) is 3.36. The second-order valence-corrected chi connectivity index (χ2v) is 7.98. The minimum absolute atomic E-state index is 0.00605. The first-order valence-corrected chi connectivity index (χ1v) is 10.7. The number of nitrogens with zero attached hydrogens (tertiary/aromatic N) is 6. The smallest absolute Gasteiger partial charge is 0.246 e. The molecule has 1 aliphatic rings. The molecule has 2 aromatic carbocycles. The molecule has 0 saturated carbocycles. The zero-order valence-corrected chi connectivity index (χ0v) is 18.3. The normalized spacial score (nSPS) is 15.7. The fourth-order valence-electron chi connectivity index (χ4n) is 4.14. The summed E-state index contributed by atoms with van der Waals surface area (Å²) < 4.78 is 37.2. The quantitative estimate of drug-likeness (QED) is 0.481. The maximum Gasteiger partial charge on any atom is 0.246 e. The lowest BCUT2D eigenvalue weighted by molar-refractivity contribution is 0.410. The molecule has 1 N–H and O–H groups in total. The van der Waals surface area contributed by atoms with E-state index in [1.54, 1.807) is 25.1 Å². The highest BCUT2D eigenvalue weighted by Crippen LogP contribution is 2.34. The number of ether oxygens (including phenoxy) is 1. The van der Waals surface area contributed by atoms with Gasteiger partial charge in [-0.05, 0) is 37.5 Å². The second kappa shape index (κ2) is 8.61. The van der Waals surface area contributed by atoms with Crippen molar-refractivity contribution in [2.45, 2.75) is 38.6 Å². The Morgan fingerprint density at radius 3 is 2.64 bits per heavy atom. The maximum absolute atomic E-state index is 15.0. The molecule has 4 aromatic rings. The summed E-state index contributed by atoms with van der Waals surface area (Å²) in [4.78, 5) is 8.76. The first kappa shape index (κ1) is 21.0. The highest BCUT2D eigenvalue weighted by molar-refractivity contribution is 5.62. The summed E-state index contributed by atoms with van der Waals surface area (Å²) in [6.45, 7) is 2.47. The van der Waals surface area contributed by atoms with Crippen LogP contribution in [0, 0.1) is 18.6 Å². The molecule has 3 heterocycles. The lowest BCUT2D eigenvalue weighted by atomic mass is 9.93. The minimum atomic E-state index is -0.501. The van der Waals surface area contributed by atoms with Gasteiger partial charge >= 0.3 is 0 Å². The van der Waals surface area contributed by atoms with Crippen molar-refractivity contribution in [3.8, 4) is 11.4 Å². The van der Waals surface area contributed by atoms with E-state index in [0.717, 1.165) is 37.2 Å². The molecule has 33 heavy (non-hydrogen) atoms. The van der Waals surface area contributed by atoms with Gasteiger partial charge in [-0.15, -0.1) is 5.10 Å². The van der Waals surface area contributed by atoms with E-state index < -0.39 is 5.82 Å². The third-order valence-corrected chi connectivity index (χ3v) is 5.77. The zero-order valence-electron chi connectivity index (χ0n) is 18.3. The van der Waals surface area contributed by atoms with Crippen LogP contribution in [0.1, 0.15) is 42.4 Å². The van der Waals surface area contributed by atoms with Gasteiger partial charge in [0.25, 0.3) is 0 Å². The predicted molar refractivity (Wildman–Crippen MR) is 118 cm³/mol. The molecule has 0 unspecified atom stereocenters. The van der Waals surface area contributed by atoms with Crippen LogP contribution in [-0.2, 0) is 6.54 Å². The molecule has 170 valence electrons. The molecule has 1 aliphatic heterocycles. The van der Waals surface area contributed by atoms with E-state index in [0.29, 0.717) is 23.2 Å². The van der Waals surface area contributed by atoms with Gasteiger partial charge in [0.15, 0.2) is 0 Å². The first-order chi connectivity index (χ1) is 16.0. The number of hydrogen-bond donors (Lipinski definition) is 1. The topological polar surface area (TPSA) is 82.7 Å². The molecule has 0 amide bonds. The third kappa shape index (κ3) is 4.15. The summed E-state index contributed by atoms with van der Waals surface area (Å²) >= 11 is 0. The number of hydrogen-bond acceptors (Lipinski definition) is 6. The molecule has 2 aromatic heterocycles. The summed E-state index contributed by atoms with van der Waals surface area (Å²) in [5, 5.41) is 11.8. The molecule has 1 atom stereocenters. The van der Waals surface area contributed by atoms with Crippen molar-refractivity contribution in [1.82, 2.24) is 29.5 Å². The minimum Gasteiger partial charge on any atom is -0.494 e. The monoisotopic (exact) mass is 451 g/mol. The second-order valence-electron chi connectivity index (χ2n) is 7.98. The van der Waals surface area contributed by atoms with Crippen LogP contribution in [0.2, 0.25) is 0 Å². The van der Waals surface area contributed by atoms with Crippen molar-refractivity contribution in [1.29, 1.82) is 0 Å². The van der Waals surface area contributed by atoms with Gasteiger partial charge in [0.1, 0.15) is 41.0 Å². The molecule has 10 heteroatoms. The number of rotatable bonds is 5. The first-order valence-electron chi connectivity index (χ1n) is 10.7. The van der Waals surface area contributed by atoms with E-state index in [4.69, 9.17) is 4.74 Å². The number of fused-ring (bicyclic) bond motifs is 1. The highest BCUT2D eigenvalue weighted by atomic mass is 19.1. The predicted octanol–water partition coefficient (Wildman–Crippen LogP) is 4.51. The van der Waals surface area contributed by atoms with Crippen LogP contribution in [0.3, 0.4) is 0 Å². The van der Waals surface area contributed by atoms with Crippen molar-refractivity contribution in [2.75, 3.05) is 12.4 Å². The Hall–Kier alpha value is -3.82. The van der Waals surface area contributed by atoms with Crippen molar-refractivity contribution in [2.24, 2.45) is 0 Å². The van der Waals surface area contributed by atoms with Crippen LogP contribution >= 0.6 is 0 Å². The Labute approximate surface area is 189 Å². The van der Waals surface area contributed by atoms with Gasteiger partial charge in [-0.1, -0.05) is 18.6 Å². The summed E-state index contributed by atoms with van der Waals surface area (Å²) in [5.74, 6) is 1.29. The molecule has 0 spiro atoms. The Bertz CT molecular complexity index is 1280. The van der Waals surface area contributed by atoms with Gasteiger partial charge in [0, 0.05) is 24.6 Å². The van der Waals surface area contributed by atoms with E-state index in [2.05, 4.69) is 25.5 Å². The van der Waals surface area contributed by atoms with E-state index >= 15 is 0 Å². The molecule has 0 bridgehead atoms. The van der Waals surface area contributed by atoms with Gasteiger partial charge in [0.05, 0.1) is 12.8 Å². The van der Waals surface area contributed by atoms with Crippen LogP contribution in [0.5, 0.6) is 5.75 Å². The number of halogens is 2. The van der Waals surface area contributed by atoms with Gasteiger partial charge in [-0.3, -0.25) is 0 Å². The van der Waals surface area contributed by atoms with Crippen molar-refractivity contribution in [3.63, 3.8) is 0 Å².